The topological polar surface area (TPSA) is 45.7 Å². The number of alkyl halides is 3. The number of hydrogen-bond acceptors (Lipinski definition) is 4. The molecule has 1 aliphatic heterocycles. The lowest BCUT2D eigenvalue weighted by Crippen LogP contribution is -2.45. The number of amides is 1. The Morgan fingerprint density at radius 2 is 1.69 bits per heavy atom. The Bertz CT molecular complexity index is 1210. The van der Waals surface area contributed by atoms with Gasteiger partial charge >= 0.3 is 6.18 Å². The SMILES string of the molecule is COc1ccc(N2CN(c3cccc(F)c3C)c3ccc(C(F)(F)F)cc3C2=O)c(C)n1. The first-order chi connectivity index (χ1) is 15.1. The van der Waals surface area contributed by atoms with Crippen molar-refractivity contribution < 1.29 is 27.1 Å². The quantitative estimate of drug-likeness (QED) is 0.491. The number of aryl methyl sites for hydroxylation is 1. The van der Waals surface area contributed by atoms with Gasteiger partial charge in [0.1, 0.15) is 12.5 Å². The van der Waals surface area contributed by atoms with Crippen LogP contribution in [0.2, 0.25) is 0 Å². The van der Waals surface area contributed by atoms with E-state index < -0.39 is 23.5 Å². The van der Waals surface area contributed by atoms with Crippen molar-refractivity contribution in [3.05, 3.63) is 76.7 Å². The van der Waals surface area contributed by atoms with Crippen molar-refractivity contribution in [3.63, 3.8) is 0 Å². The molecule has 1 aromatic heterocycles. The molecule has 0 fully saturated rings. The Morgan fingerprint density at radius 3 is 2.34 bits per heavy atom. The standard InChI is InChI=1S/C23H19F4N3O2/c1-13-17(24)5-4-6-18(13)29-12-30(19-9-10-21(32-3)28-14(19)2)22(31)16-11-15(23(25,26)27)7-8-20(16)29/h4-11H,12H2,1-3H3. The van der Waals surface area contributed by atoms with E-state index in [-0.39, 0.29) is 17.9 Å². The van der Waals surface area contributed by atoms with Crippen LogP contribution in [-0.4, -0.2) is 24.7 Å². The van der Waals surface area contributed by atoms with Crippen molar-refractivity contribution in [1.29, 1.82) is 0 Å². The van der Waals surface area contributed by atoms with Gasteiger partial charge in [0.05, 0.1) is 35.3 Å². The van der Waals surface area contributed by atoms with Gasteiger partial charge in [0.15, 0.2) is 0 Å². The number of anilines is 3. The number of rotatable bonds is 3. The molecule has 0 saturated carbocycles. The third-order valence-electron chi connectivity index (χ3n) is 5.44. The van der Waals surface area contributed by atoms with Crippen LogP contribution < -0.4 is 14.5 Å². The number of ether oxygens (including phenoxy) is 1. The highest BCUT2D eigenvalue weighted by Gasteiger charge is 2.37. The van der Waals surface area contributed by atoms with Crippen molar-refractivity contribution in [2.75, 3.05) is 23.6 Å². The van der Waals surface area contributed by atoms with E-state index in [9.17, 15) is 22.4 Å². The van der Waals surface area contributed by atoms with Gasteiger partial charge in [-0.3, -0.25) is 9.69 Å². The molecule has 0 saturated heterocycles. The monoisotopic (exact) mass is 445 g/mol. The van der Waals surface area contributed by atoms with Crippen LogP contribution in [0, 0.1) is 19.7 Å². The molecule has 0 bridgehead atoms. The number of methoxy groups -OCH3 is 1. The first kappa shape index (κ1) is 21.6. The van der Waals surface area contributed by atoms with Crippen LogP contribution in [0.1, 0.15) is 27.2 Å². The molecule has 3 aromatic rings. The summed E-state index contributed by atoms with van der Waals surface area (Å²) in [6.45, 7) is 3.22. The summed E-state index contributed by atoms with van der Waals surface area (Å²) in [5.41, 5.74) is 0.839. The normalized spacial score (nSPS) is 13.9. The molecule has 9 heteroatoms. The number of pyridine rings is 1. The van der Waals surface area contributed by atoms with Gasteiger partial charge < -0.3 is 9.64 Å². The maximum absolute atomic E-state index is 14.3. The number of fused-ring (bicyclic) bond motifs is 1. The molecule has 0 aliphatic carbocycles. The molecule has 0 radical (unpaired) electrons. The number of carbonyl (C=O) groups excluding carboxylic acids is 1. The third kappa shape index (κ3) is 3.63. The van der Waals surface area contributed by atoms with Crippen LogP contribution in [-0.2, 0) is 6.18 Å². The second kappa shape index (κ2) is 7.81. The summed E-state index contributed by atoms with van der Waals surface area (Å²) < 4.78 is 59.5. The summed E-state index contributed by atoms with van der Waals surface area (Å²) in [6, 6.07) is 10.7. The zero-order chi connectivity index (χ0) is 23.2. The predicted octanol–water partition coefficient (Wildman–Crippen LogP) is 5.62. The molecule has 0 N–H and O–H groups in total. The zero-order valence-electron chi connectivity index (χ0n) is 17.5. The van der Waals surface area contributed by atoms with Crippen LogP contribution in [0.5, 0.6) is 5.88 Å². The van der Waals surface area contributed by atoms with E-state index in [1.54, 1.807) is 36.9 Å². The fourth-order valence-electron chi connectivity index (χ4n) is 3.76. The van der Waals surface area contributed by atoms with Gasteiger partial charge in [-0.05, 0) is 50.2 Å². The fraction of sp³-hybridized carbons (Fsp3) is 0.217. The van der Waals surface area contributed by atoms with E-state index in [4.69, 9.17) is 4.74 Å². The Morgan fingerprint density at radius 1 is 0.969 bits per heavy atom. The average Bonchev–Trinajstić information content (AvgIpc) is 2.76. The van der Waals surface area contributed by atoms with Crippen molar-refractivity contribution in [1.82, 2.24) is 4.98 Å². The van der Waals surface area contributed by atoms with Crippen molar-refractivity contribution >= 4 is 23.0 Å². The molecular weight excluding hydrogens is 426 g/mol. The largest absolute Gasteiger partial charge is 0.481 e. The highest BCUT2D eigenvalue weighted by Crippen LogP contribution is 2.41. The van der Waals surface area contributed by atoms with Gasteiger partial charge in [-0.15, -0.1) is 0 Å². The van der Waals surface area contributed by atoms with Crippen molar-refractivity contribution in [2.24, 2.45) is 0 Å². The number of aromatic nitrogens is 1. The molecule has 2 aromatic carbocycles. The van der Waals surface area contributed by atoms with Gasteiger partial charge in [-0.2, -0.15) is 13.2 Å². The molecule has 166 valence electrons. The van der Waals surface area contributed by atoms with Crippen LogP contribution >= 0.6 is 0 Å². The van der Waals surface area contributed by atoms with E-state index >= 15 is 0 Å². The third-order valence-corrected chi connectivity index (χ3v) is 5.44. The van der Waals surface area contributed by atoms with E-state index in [0.717, 1.165) is 12.1 Å². The second-order valence-corrected chi connectivity index (χ2v) is 7.37. The smallest absolute Gasteiger partial charge is 0.416 e. The minimum absolute atomic E-state index is 0.0314. The molecule has 1 amide bonds. The van der Waals surface area contributed by atoms with Gasteiger partial charge in [0, 0.05) is 17.3 Å². The van der Waals surface area contributed by atoms with Gasteiger partial charge in [0.2, 0.25) is 5.88 Å². The fourth-order valence-corrected chi connectivity index (χ4v) is 3.76. The highest BCUT2D eigenvalue weighted by molar-refractivity contribution is 6.13. The zero-order valence-corrected chi connectivity index (χ0v) is 17.5. The molecule has 2 heterocycles. The maximum Gasteiger partial charge on any atom is 0.416 e. The average molecular weight is 445 g/mol. The van der Waals surface area contributed by atoms with E-state index in [1.165, 1.54) is 30.2 Å². The summed E-state index contributed by atoms with van der Waals surface area (Å²) in [5, 5.41) is 0. The molecule has 4 rings (SSSR count). The molecule has 0 unspecified atom stereocenters. The maximum atomic E-state index is 14.3. The lowest BCUT2D eigenvalue weighted by Gasteiger charge is -2.39. The van der Waals surface area contributed by atoms with Crippen LogP contribution in [0.15, 0.2) is 48.5 Å². The summed E-state index contributed by atoms with van der Waals surface area (Å²) >= 11 is 0. The number of nitrogens with zero attached hydrogens (tertiary/aromatic N) is 3. The number of benzene rings is 2. The molecule has 1 aliphatic rings. The van der Waals surface area contributed by atoms with Crippen molar-refractivity contribution in [2.45, 2.75) is 20.0 Å². The van der Waals surface area contributed by atoms with E-state index in [2.05, 4.69) is 4.98 Å². The Labute approximate surface area is 181 Å². The summed E-state index contributed by atoms with van der Waals surface area (Å²) in [7, 11) is 1.46. The molecule has 5 nitrogen and oxygen atoms in total. The lowest BCUT2D eigenvalue weighted by molar-refractivity contribution is -0.137. The lowest BCUT2D eigenvalue weighted by atomic mass is 10.0. The Balaban J connectivity index is 1.91. The second-order valence-electron chi connectivity index (χ2n) is 7.37. The highest BCUT2D eigenvalue weighted by atomic mass is 19.4. The van der Waals surface area contributed by atoms with E-state index in [1.807, 2.05) is 0 Å². The molecule has 0 spiro atoms. The number of carbonyl (C=O) groups is 1. The summed E-state index contributed by atoms with van der Waals surface area (Å²) in [5.74, 6) is -0.721. The summed E-state index contributed by atoms with van der Waals surface area (Å²) in [4.78, 5) is 20.6. The molecule has 0 atom stereocenters. The Hall–Kier alpha value is -3.62. The van der Waals surface area contributed by atoms with Gasteiger partial charge in [-0.25, -0.2) is 9.37 Å². The number of halogens is 4. The number of hydrogen-bond donors (Lipinski definition) is 0. The predicted molar refractivity (Wildman–Crippen MR) is 112 cm³/mol. The van der Waals surface area contributed by atoms with Crippen molar-refractivity contribution in [3.8, 4) is 5.88 Å². The van der Waals surface area contributed by atoms with Crippen LogP contribution in [0.25, 0.3) is 0 Å². The van der Waals surface area contributed by atoms with E-state index in [0.29, 0.717) is 28.5 Å². The Kier molecular flexibility index (Phi) is 5.28. The van der Waals surface area contributed by atoms with Gasteiger partial charge in [0.25, 0.3) is 5.91 Å². The minimum Gasteiger partial charge on any atom is -0.481 e. The van der Waals surface area contributed by atoms with Gasteiger partial charge in [-0.1, -0.05) is 6.07 Å². The van der Waals surface area contributed by atoms with Crippen LogP contribution in [0.4, 0.5) is 34.6 Å². The summed E-state index contributed by atoms with van der Waals surface area (Å²) in [6.07, 6.45) is -4.62. The van der Waals surface area contributed by atoms with Crippen LogP contribution in [0.3, 0.4) is 0 Å². The molecule has 32 heavy (non-hydrogen) atoms. The molecular formula is C23H19F4N3O2. The minimum atomic E-state index is -4.62. The first-order valence-electron chi connectivity index (χ1n) is 9.69. The first-order valence-corrected chi connectivity index (χ1v) is 9.69.